The first kappa shape index (κ1) is 16.1. The van der Waals surface area contributed by atoms with E-state index in [2.05, 4.69) is 50.2 Å². The molecule has 0 radical (unpaired) electrons. The molecule has 6 heteroatoms. The highest BCUT2D eigenvalue weighted by Crippen LogP contribution is 2.18. The van der Waals surface area contributed by atoms with E-state index in [9.17, 15) is 4.79 Å². The molecule has 0 saturated carbocycles. The highest BCUT2D eigenvalue weighted by Gasteiger charge is 2.10. The van der Waals surface area contributed by atoms with Crippen LogP contribution in [-0.2, 0) is 12.8 Å². The number of hydrogen-bond acceptors (Lipinski definition) is 4. The second-order valence-corrected chi connectivity index (χ2v) is 7.26. The molecule has 1 heterocycles. The van der Waals surface area contributed by atoms with Crippen molar-refractivity contribution in [1.82, 2.24) is 10.2 Å². The normalized spacial score (nSPS) is 10.5. The van der Waals surface area contributed by atoms with E-state index in [-0.39, 0.29) is 5.91 Å². The fraction of sp³-hybridized carbons (Fsp3) is 0.118. The second-order valence-electron chi connectivity index (χ2n) is 4.95. The van der Waals surface area contributed by atoms with Crippen LogP contribution in [0.25, 0.3) is 0 Å². The SMILES string of the molecule is O=C(Nc1nnc(CCc2ccccc2)s1)c1cccc(I)c1. The highest BCUT2D eigenvalue weighted by molar-refractivity contribution is 14.1. The van der Waals surface area contributed by atoms with Crippen LogP contribution in [0.5, 0.6) is 0 Å². The standard InChI is InChI=1S/C17H14IN3OS/c18-14-8-4-7-13(11-14)16(22)19-17-21-20-15(23-17)10-9-12-5-2-1-3-6-12/h1-8,11H,9-10H2,(H,19,21,22). The van der Waals surface area contributed by atoms with Crippen molar-refractivity contribution in [1.29, 1.82) is 0 Å². The molecule has 0 saturated heterocycles. The summed E-state index contributed by atoms with van der Waals surface area (Å²) in [6.07, 6.45) is 1.74. The van der Waals surface area contributed by atoms with Crippen LogP contribution in [0.15, 0.2) is 54.6 Å². The molecule has 0 bridgehead atoms. The third kappa shape index (κ3) is 4.59. The minimum absolute atomic E-state index is 0.158. The third-order valence-corrected chi connectivity index (χ3v) is 4.81. The minimum atomic E-state index is -0.158. The Hall–Kier alpha value is -1.80. The summed E-state index contributed by atoms with van der Waals surface area (Å²) >= 11 is 3.61. The van der Waals surface area contributed by atoms with Crippen molar-refractivity contribution in [3.8, 4) is 0 Å². The molecule has 2 aromatic carbocycles. The molecule has 23 heavy (non-hydrogen) atoms. The van der Waals surface area contributed by atoms with Gasteiger partial charge in [-0.15, -0.1) is 10.2 Å². The van der Waals surface area contributed by atoms with Gasteiger partial charge in [-0.3, -0.25) is 10.1 Å². The molecule has 1 amide bonds. The first-order valence-electron chi connectivity index (χ1n) is 7.14. The molecule has 1 N–H and O–H groups in total. The maximum Gasteiger partial charge on any atom is 0.257 e. The van der Waals surface area contributed by atoms with Gasteiger partial charge in [0.2, 0.25) is 5.13 Å². The molecule has 0 aliphatic carbocycles. The average Bonchev–Trinajstić information content (AvgIpc) is 3.01. The van der Waals surface area contributed by atoms with E-state index in [1.54, 1.807) is 6.07 Å². The monoisotopic (exact) mass is 435 g/mol. The van der Waals surface area contributed by atoms with Crippen molar-refractivity contribution in [3.05, 3.63) is 74.3 Å². The Balaban J connectivity index is 1.60. The lowest BCUT2D eigenvalue weighted by atomic mass is 10.1. The number of carbonyl (C=O) groups is 1. The molecule has 1 aromatic heterocycles. The van der Waals surface area contributed by atoms with Gasteiger partial charge < -0.3 is 0 Å². The summed E-state index contributed by atoms with van der Waals surface area (Å²) in [6.45, 7) is 0. The smallest absolute Gasteiger partial charge is 0.257 e. The quantitative estimate of drug-likeness (QED) is 0.612. The maximum atomic E-state index is 12.2. The van der Waals surface area contributed by atoms with Gasteiger partial charge >= 0.3 is 0 Å². The number of benzene rings is 2. The van der Waals surface area contributed by atoms with E-state index in [4.69, 9.17) is 0 Å². The lowest BCUT2D eigenvalue weighted by molar-refractivity contribution is 0.102. The van der Waals surface area contributed by atoms with E-state index >= 15 is 0 Å². The fourth-order valence-corrected chi connectivity index (χ4v) is 3.38. The Morgan fingerprint density at radius 2 is 1.87 bits per heavy atom. The molecular weight excluding hydrogens is 421 g/mol. The van der Waals surface area contributed by atoms with Crippen molar-refractivity contribution >= 4 is 45.0 Å². The Morgan fingerprint density at radius 3 is 2.65 bits per heavy atom. The Bertz CT molecular complexity index is 804. The summed E-state index contributed by atoms with van der Waals surface area (Å²) in [5.74, 6) is -0.158. The van der Waals surface area contributed by atoms with Crippen molar-refractivity contribution < 1.29 is 4.79 Å². The van der Waals surface area contributed by atoms with Gasteiger partial charge in [0, 0.05) is 15.6 Å². The maximum absolute atomic E-state index is 12.2. The number of halogens is 1. The zero-order valence-corrected chi connectivity index (χ0v) is 15.2. The molecule has 0 aliphatic rings. The fourth-order valence-electron chi connectivity index (χ4n) is 2.10. The van der Waals surface area contributed by atoms with Crippen molar-refractivity contribution in [2.24, 2.45) is 0 Å². The van der Waals surface area contributed by atoms with E-state index in [1.165, 1.54) is 16.9 Å². The van der Waals surface area contributed by atoms with E-state index in [0.717, 1.165) is 21.4 Å². The summed E-state index contributed by atoms with van der Waals surface area (Å²) in [5, 5.41) is 12.5. The summed E-state index contributed by atoms with van der Waals surface area (Å²) in [6, 6.07) is 17.7. The summed E-state index contributed by atoms with van der Waals surface area (Å²) in [5.41, 5.74) is 1.89. The average molecular weight is 435 g/mol. The van der Waals surface area contributed by atoms with Crippen molar-refractivity contribution in [2.75, 3.05) is 5.32 Å². The third-order valence-electron chi connectivity index (χ3n) is 3.24. The number of rotatable bonds is 5. The number of aryl methyl sites for hydroxylation is 2. The van der Waals surface area contributed by atoms with Crippen LogP contribution >= 0.6 is 33.9 Å². The van der Waals surface area contributed by atoms with Crippen LogP contribution in [0.4, 0.5) is 5.13 Å². The van der Waals surface area contributed by atoms with Gasteiger partial charge in [-0.25, -0.2) is 0 Å². The summed E-state index contributed by atoms with van der Waals surface area (Å²) in [7, 11) is 0. The molecule has 0 spiro atoms. The number of hydrogen-bond donors (Lipinski definition) is 1. The largest absolute Gasteiger partial charge is 0.296 e. The summed E-state index contributed by atoms with van der Waals surface area (Å²) in [4.78, 5) is 12.2. The lowest BCUT2D eigenvalue weighted by Crippen LogP contribution is -2.11. The van der Waals surface area contributed by atoms with Crippen LogP contribution in [0, 0.1) is 3.57 Å². The molecule has 3 aromatic rings. The lowest BCUT2D eigenvalue weighted by Gasteiger charge is -2.01. The summed E-state index contributed by atoms with van der Waals surface area (Å²) < 4.78 is 1.02. The van der Waals surface area contributed by atoms with Crippen LogP contribution in [-0.4, -0.2) is 16.1 Å². The van der Waals surface area contributed by atoms with Gasteiger partial charge in [-0.05, 0) is 52.8 Å². The molecule has 0 unspecified atom stereocenters. The number of nitrogens with one attached hydrogen (secondary N) is 1. The van der Waals surface area contributed by atoms with E-state index < -0.39 is 0 Å². The molecule has 4 nitrogen and oxygen atoms in total. The first-order valence-corrected chi connectivity index (χ1v) is 9.03. The number of carbonyl (C=O) groups excluding carboxylic acids is 1. The van der Waals surface area contributed by atoms with E-state index in [0.29, 0.717) is 10.7 Å². The zero-order chi connectivity index (χ0) is 16.1. The molecule has 3 rings (SSSR count). The molecular formula is C17H14IN3OS. The van der Waals surface area contributed by atoms with Gasteiger partial charge in [0.1, 0.15) is 5.01 Å². The van der Waals surface area contributed by atoms with Gasteiger partial charge in [0.05, 0.1) is 0 Å². The molecule has 116 valence electrons. The second kappa shape index (κ2) is 7.65. The number of amides is 1. The van der Waals surface area contributed by atoms with Crippen LogP contribution < -0.4 is 5.32 Å². The number of aromatic nitrogens is 2. The minimum Gasteiger partial charge on any atom is -0.296 e. The first-order chi connectivity index (χ1) is 11.2. The van der Waals surface area contributed by atoms with Crippen LogP contribution in [0.2, 0.25) is 0 Å². The highest BCUT2D eigenvalue weighted by atomic mass is 127. The van der Waals surface area contributed by atoms with Gasteiger partial charge in [-0.2, -0.15) is 0 Å². The van der Waals surface area contributed by atoms with Crippen molar-refractivity contribution in [2.45, 2.75) is 12.8 Å². The number of nitrogens with zero attached hydrogens (tertiary/aromatic N) is 2. The van der Waals surface area contributed by atoms with E-state index in [1.807, 2.05) is 36.4 Å². The number of anilines is 1. The van der Waals surface area contributed by atoms with Gasteiger partial charge in [-0.1, -0.05) is 47.7 Å². The zero-order valence-electron chi connectivity index (χ0n) is 12.2. The Labute approximate surface area is 152 Å². The van der Waals surface area contributed by atoms with Crippen LogP contribution in [0.3, 0.4) is 0 Å². The Kier molecular flexibility index (Phi) is 5.35. The van der Waals surface area contributed by atoms with Crippen LogP contribution in [0.1, 0.15) is 20.9 Å². The predicted molar refractivity (Wildman–Crippen MR) is 101 cm³/mol. The molecule has 0 fully saturated rings. The predicted octanol–water partition coefficient (Wildman–Crippen LogP) is 4.18. The Morgan fingerprint density at radius 1 is 1.04 bits per heavy atom. The van der Waals surface area contributed by atoms with Crippen molar-refractivity contribution in [3.63, 3.8) is 0 Å². The topological polar surface area (TPSA) is 54.9 Å². The molecule has 0 atom stereocenters. The molecule has 0 aliphatic heterocycles. The van der Waals surface area contributed by atoms with Gasteiger partial charge in [0.25, 0.3) is 5.91 Å². The van der Waals surface area contributed by atoms with Gasteiger partial charge in [0.15, 0.2) is 0 Å².